The first-order valence-electron chi connectivity index (χ1n) is 15.9. The molecule has 14 heteroatoms. The number of hydrogen-bond donors (Lipinski definition) is 2. The zero-order valence-corrected chi connectivity index (χ0v) is 28.6. The summed E-state index contributed by atoms with van der Waals surface area (Å²) in [6, 6.07) is 15.8. The highest BCUT2D eigenvalue weighted by molar-refractivity contribution is 6.36. The monoisotopic (exact) mass is 704 g/mol. The van der Waals surface area contributed by atoms with Gasteiger partial charge in [0, 0.05) is 43.0 Å². The van der Waals surface area contributed by atoms with Gasteiger partial charge >= 0.3 is 11.7 Å². The summed E-state index contributed by atoms with van der Waals surface area (Å²) in [6.07, 6.45) is -1.75. The van der Waals surface area contributed by atoms with Gasteiger partial charge in [0.2, 0.25) is 5.88 Å². The van der Waals surface area contributed by atoms with Gasteiger partial charge in [-0.3, -0.25) is 23.6 Å². The topological polar surface area (TPSA) is 132 Å². The molecule has 2 N–H and O–H groups in total. The van der Waals surface area contributed by atoms with E-state index in [9.17, 15) is 28.3 Å². The Morgan fingerprint density at radius 1 is 1.02 bits per heavy atom. The second-order valence-corrected chi connectivity index (χ2v) is 12.7. The number of rotatable bonds is 9. The van der Waals surface area contributed by atoms with Crippen molar-refractivity contribution in [1.29, 1.82) is 0 Å². The second-order valence-electron chi connectivity index (χ2n) is 12.3. The number of methoxy groups -OCH3 is 1. The maximum absolute atomic E-state index is 13.9. The fourth-order valence-corrected chi connectivity index (χ4v) is 6.76. The standard InChI is InChI=1S/C36H35ClF2N6O5/c1-19-22(7-6-10-25(19)40-32-29-28(17-27(41-32)31(38)39)43(2)36(49)44(3)34(29)46)23-8-5-9-24(30(23)37)26-12-11-21(33(42-26)50-4)18-45-15-13-20(14-16-45)35(47)48/h5-12,17,20,31H,13-16,18H2,1-4H3,(H,40,41)(H,47,48). The summed E-state index contributed by atoms with van der Waals surface area (Å²) in [4.78, 5) is 48.2. The number of carboxylic acids is 1. The number of aromatic nitrogens is 4. The van der Waals surface area contributed by atoms with Crippen LogP contribution in [0.25, 0.3) is 33.3 Å². The number of pyridine rings is 2. The minimum Gasteiger partial charge on any atom is -0.481 e. The van der Waals surface area contributed by atoms with Crippen molar-refractivity contribution in [3.05, 3.63) is 97.3 Å². The van der Waals surface area contributed by atoms with Crippen LogP contribution in [0.3, 0.4) is 0 Å². The number of piperidine rings is 1. The van der Waals surface area contributed by atoms with E-state index in [1.54, 1.807) is 19.2 Å². The molecule has 1 aliphatic heterocycles. The molecule has 2 aromatic carbocycles. The normalized spacial score (nSPS) is 14.0. The molecular weight excluding hydrogens is 670 g/mol. The van der Waals surface area contributed by atoms with Crippen LogP contribution in [0.2, 0.25) is 5.02 Å². The minimum absolute atomic E-state index is 0.00274. The van der Waals surface area contributed by atoms with Gasteiger partial charge in [0.15, 0.2) is 0 Å². The first kappa shape index (κ1) is 34.7. The molecule has 0 amide bonds. The van der Waals surface area contributed by atoms with Crippen molar-refractivity contribution in [2.75, 3.05) is 25.5 Å². The Morgan fingerprint density at radius 2 is 1.70 bits per heavy atom. The number of benzene rings is 2. The second kappa shape index (κ2) is 14.0. The van der Waals surface area contributed by atoms with Crippen LogP contribution in [0.15, 0.2) is 64.2 Å². The Morgan fingerprint density at radius 3 is 2.38 bits per heavy atom. The number of aliphatic carboxylic acids is 1. The SMILES string of the molecule is COc1nc(-c2cccc(-c3cccc(Nc4nc(C(F)F)cc5c4c(=O)n(C)c(=O)n5C)c3C)c2Cl)ccc1CN1CCC(C(=O)O)CC1. The number of nitrogens with zero attached hydrogens (tertiary/aromatic N) is 5. The Labute approximate surface area is 290 Å². The van der Waals surface area contributed by atoms with E-state index in [1.807, 2.05) is 43.3 Å². The summed E-state index contributed by atoms with van der Waals surface area (Å²) < 4.78 is 35.5. The first-order valence-corrected chi connectivity index (χ1v) is 16.3. The largest absolute Gasteiger partial charge is 0.481 e. The van der Waals surface area contributed by atoms with Crippen molar-refractivity contribution in [3.8, 4) is 28.3 Å². The number of carbonyl (C=O) groups is 1. The first-order chi connectivity index (χ1) is 23.9. The number of hydrogen-bond acceptors (Lipinski definition) is 8. The van der Waals surface area contributed by atoms with Crippen LogP contribution in [0.5, 0.6) is 5.88 Å². The molecule has 260 valence electrons. The highest BCUT2D eigenvalue weighted by atomic mass is 35.5. The van der Waals surface area contributed by atoms with Crippen molar-refractivity contribution in [2.45, 2.75) is 32.7 Å². The highest BCUT2D eigenvalue weighted by Gasteiger charge is 2.26. The number of aryl methyl sites for hydroxylation is 1. The van der Waals surface area contributed by atoms with Crippen molar-refractivity contribution in [2.24, 2.45) is 20.0 Å². The minimum atomic E-state index is -2.94. The van der Waals surface area contributed by atoms with Crippen LogP contribution in [-0.4, -0.2) is 55.3 Å². The maximum Gasteiger partial charge on any atom is 0.330 e. The van der Waals surface area contributed by atoms with Crippen molar-refractivity contribution < 1.29 is 23.4 Å². The predicted octanol–water partition coefficient (Wildman–Crippen LogP) is 6.31. The third-order valence-corrected chi connectivity index (χ3v) is 9.72. The van der Waals surface area contributed by atoms with Gasteiger partial charge in [-0.2, -0.15) is 0 Å². The van der Waals surface area contributed by atoms with E-state index in [0.29, 0.717) is 71.5 Å². The molecule has 0 aliphatic carbocycles. The van der Waals surface area contributed by atoms with E-state index in [2.05, 4.69) is 15.2 Å². The molecule has 6 rings (SSSR count). The quantitative estimate of drug-likeness (QED) is 0.181. The zero-order valence-electron chi connectivity index (χ0n) is 27.8. The van der Waals surface area contributed by atoms with Crippen LogP contribution in [0.4, 0.5) is 20.3 Å². The molecule has 0 bridgehead atoms. The van der Waals surface area contributed by atoms with Crippen molar-refractivity contribution in [1.82, 2.24) is 24.0 Å². The maximum atomic E-state index is 13.9. The van der Waals surface area contributed by atoms with E-state index < -0.39 is 29.3 Å². The summed E-state index contributed by atoms with van der Waals surface area (Å²) in [5.74, 6) is -0.725. The van der Waals surface area contributed by atoms with Gasteiger partial charge in [-0.05, 0) is 62.2 Å². The van der Waals surface area contributed by atoms with Crippen LogP contribution in [-0.2, 0) is 25.4 Å². The lowest BCUT2D eigenvalue weighted by Gasteiger charge is -2.30. The van der Waals surface area contributed by atoms with Gasteiger partial charge < -0.3 is 15.2 Å². The zero-order chi connectivity index (χ0) is 35.9. The fraction of sp³-hybridized carbons (Fsp3) is 0.306. The van der Waals surface area contributed by atoms with Gasteiger partial charge in [-0.25, -0.2) is 23.5 Å². The number of fused-ring (bicyclic) bond motifs is 1. The number of alkyl halides is 2. The average molecular weight is 705 g/mol. The molecule has 50 heavy (non-hydrogen) atoms. The molecule has 0 unspecified atom stereocenters. The molecule has 1 saturated heterocycles. The predicted molar refractivity (Wildman–Crippen MR) is 188 cm³/mol. The lowest BCUT2D eigenvalue weighted by molar-refractivity contribution is -0.143. The summed E-state index contributed by atoms with van der Waals surface area (Å²) in [5, 5.41) is 12.8. The van der Waals surface area contributed by atoms with Gasteiger partial charge in [-0.15, -0.1) is 0 Å². The van der Waals surface area contributed by atoms with Crippen LogP contribution in [0.1, 0.15) is 36.1 Å². The molecule has 1 aliphatic rings. The number of likely N-dealkylation sites (tertiary alicyclic amines) is 1. The Balaban J connectivity index is 1.34. The molecule has 3 aromatic heterocycles. The van der Waals surface area contributed by atoms with E-state index in [-0.39, 0.29) is 22.6 Å². The molecule has 1 fully saturated rings. The molecule has 5 aromatic rings. The smallest absolute Gasteiger partial charge is 0.330 e. The summed E-state index contributed by atoms with van der Waals surface area (Å²) >= 11 is 7.07. The van der Waals surface area contributed by atoms with Crippen LogP contribution in [0, 0.1) is 12.8 Å². The Kier molecular flexibility index (Phi) is 9.72. The van der Waals surface area contributed by atoms with Crippen LogP contribution >= 0.6 is 11.6 Å². The summed E-state index contributed by atoms with van der Waals surface area (Å²) in [6.45, 7) is 3.75. The van der Waals surface area contributed by atoms with Crippen molar-refractivity contribution >= 4 is 40.0 Å². The molecular formula is C36H35ClF2N6O5. The van der Waals surface area contributed by atoms with Gasteiger partial charge in [-0.1, -0.05) is 48.0 Å². The van der Waals surface area contributed by atoms with E-state index in [1.165, 1.54) is 14.1 Å². The molecule has 0 spiro atoms. The van der Waals surface area contributed by atoms with Gasteiger partial charge in [0.25, 0.3) is 12.0 Å². The van der Waals surface area contributed by atoms with Gasteiger partial charge in [0.05, 0.1) is 29.3 Å². The third kappa shape index (κ3) is 6.46. The third-order valence-electron chi connectivity index (χ3n) is 9.31. The number of ether oxygens (including phenoxy) is 1. The van der Waals surface area contributed by atoms with Gasteiger partial charge in [0.1, 0.15) is 16.9 Å². The molecule has 11 nitrogen and oxygen atoms in total. The summed E-state index contributed by atoms with van der Waals surface area (Å²) in [5.41, 5.74) is 2.90. The lowest BCUT2D eigenvalue weighted by atomic mass is 9.96. The number of anilines is 2. The number of halogens is 3. The molecule has 0 atom stereocenters. The lowest BCUT2D eigenvalue weighted by Crippen LogP contribution is -2.37. The fourth-order valence-electron chi connectivity index (χ4n) is 6.43. The number of nitrogens with one attached hydrogen (secondary N) is 1. The van der Waals surface area contributed by atoms with E-state index >= 15 is 0 Å². The Hall–Kier alpha value is -5.14. The summed E-state index contributed by atoms with van der Waals surface area (Å²) in [7, 11) is 4.28. The van der Waals surface area contributed by atoms with E-state index in [0.717, 1.165) is 26.3 Å². The number of carboxylic acid groups (broad SMARTS) is 1. The Bertz CT molecular complexity index is 2250. The molecule has 0 radical (unpaired) electrons. The van der Waals surface area contributed by atoms with Crippen LogP contribution < -0.4 is 21.3 Å². The highest BCUT2D eigenvalue weighted by Crippen LogP contribution is 2.40. The van der Waals surface area contributed by atoms with Crippen molar-refractivity contribution in [3.63, 3.8) is 0 Å². The molecule has 0 saturated carbocycles. The van der Waals surface area contributed by atoms with E-state index in [4.69, 9.17) is 21.3 Å². The average Bonchev–Trinajstić information content (AvgIpc) is 3.11. The molecule has 4 heterocycles.